The molecule has 1 aliphatic rings. The van der Waals surface area contributed by atoms with Gasteiger partial charge < -0.3 is 10.0 Å². The zero-order chi connectivity index (χ0) is 15.6. The van der Waals surface area contributed by atoms with E-state index >= 15 is 0 Å². The first-order chi connectivity index (χ1) is 9.88. The highest BCUT2D eigenvalue weighted by molar-refractivity contribution is 5.77. The first-order valence-electron chi connectivity index (χ1n) is 7.12. The summed E-state index contributed by atoms with van der Waals surface area (Å²) in [6.07, 6.45) is 2.03. The number of anilines is 1. The summed E-state index contributed by atoms with van der Waals surface area (Å²) in [5, 5.41) is 20.5. The predicted molar refractivity (Wildman–Crippen MR) is 79.6 cm³/mol. The number of carbonyl (C=O) groups is 1. The fourth-order valence-corrected chi connectivity index (χ4v) is 3.09. The molecule has 1 N–H and O–H groups in total. The molecule has 6 heteroatoms. The molecule has 1 unspecified atom stereocenters. The van der Waals surface area contributed by atoms with E-state index in [0.29, 0.717) is 25.9 Å². The second-order valence-electron chi connectivity index (χ2n) is 5.79. The van der Waals surface area contributed by atoms with Crippen LogP contribution in [0, 0.1) is 22.5 Å². The average molecular weight is 292 g/mol. The minimum atomic E-state index is -0.769. The quantitative estimate of drug-likeness (QED) is 0.666. The minimum absolute atomic E-state index is 0.0494. The monoisotopic (exact) mass is 292 g/mol. The van der Waals surface area contributed by atoms with Crippen LogP contribution in [0.25, 0.3) is 0 Å². The van der Waals surface area contributed by atoms with Crippen molar-refractivity contribution in [3.63, 3.8) is 0 Å². The molecule has 0 aromatic heterocycles. The van der Waals surface area contributed by atoms with Gasteiger partial charge in [0.15, 0.2) is 0 Å². The molecule has 1 saturated heterocycles. The lowest BCUT2D eigenvalue weighted by atomic mass is 9.83. The number of aryl methyl sites for hydroxylation is 1. The molecule has 114 valence electrons. The van der Waals surface area contributed by atoms with Gasteiger partial charge in [-0.05, 0) is 31.4 Å². The van der Waals surface area contributed by atoms with E-state index in [9.17, 15) is 20.0 Å². The van der Waals surface area contributed by atoms with Gasteiger partial charge in [-0.1, -0.05) is 13.3 Å². The maximum Gasteiger partial charge on any atom is 0.311 e. The SMILES string of the molecule is CCCC1(C(=O)O)CCN(c2cc(C)cc([N+](=O)[O-])c2)C1. The van der Waals surface area contributed by atoms with Gasteiger partial charge in [-0.15, -0.1) is 0 Å². The zero-order valence-electron chi connectivity index (χ0n) is 12.3. The lowest BCUT2D eigenvalue weighted by Gasteiger charge is -2.25. The lowest BCUT2D eigenvalue weighted by molar-refractivity contribution is -0.384. The second kappa shape index (κ2) is 5.71. The first-order valence-corrected chi connectivity index (χ1v) is 7.12. The van der Waals surface area contributed by atoms with Crippen LogP contribution in [0.15, 0.2) is 18.2 Å². The summed E-state index contributed by atoms with van der Waals surface area (Å²) >= 11 is 0. The number of carboxylic acids is 1. The van der Waals surface area contributed by atoms with Crippen LogP contribution in [0.4, 0.5) is 11.4 Å². The van der Waals surface area contributed by atoms with Crippen molar-refractivity contribution in [2.45, 2.75) is 33.1 Å². The van der Waals surface area contributed by atoms with Crippen molar-refractivity contribution in [2.24, 2.45) is 5.41 Å². The Hall–Kier alpha value is -2.11. The van der Waals surface area contributed by atoms with Crippen molar-refractivity contribution in [2.75, 3.05) is 18.0 Å². The smallest absolute Gasteiger partial charge is 0.311 e. The molecule has 0 saturated carbocycles. The Morgan fingerprint density at radius 2 is 2.19 bits per heavy atom. The topological polar surface area (TPSA) is 83.7 Å². The van der Waals surface area contributed by atoms with Gasteiger partial charge in [0.05, 0.1) is 10.3 Å². The van der Waals surface area contributed by atoms with E-state index in [2.05, 4.69) is 0 Å². The van der Waals surface area contributed by atoms with Crippen LogP contribution < -0.4 is 4.90 Å². The maximum atomic E-state index is 11.6. The Morgan fingerprint density at radius 1 is 1.48 bits per heavy atom. The summed E-state index contributed by atoms with van der Waals surface area (Å²) in [6, 6.07) is 4.92. The van der Waals surface area contributed by atoms with Crippen LogP contribution in [0.2, 0.25) is 0 Å². The maximum absolute atomic E-state index is 11.6. The third-order valence-electron chi connectivity index (χ3n) is 4.16. The summed E-state index contributed by atoms with van der Waals surface area (Å²) < 4.78 is 0. The number of nitro benzene ring substituents is 1. The number of hydrogen-bond donors (Lipinski definition) is 1. The normalized spacial score (nSPS) is 21.5. The molecule has 21 heavy (non-hydrogen) atoms. The van der Waals surface area contributed by atoms with Crippen molar-refractivity contribution in [1.82, 2.24) is 0 Å². The summed E-state index contributed by atoms with van der Waals surface area (Å²) in [7, 11) is 0. The molecule has 1 aliphatic heterocycles. The third-order valence-corrected chi connectivity index (χ3v) is 4.16. The molecule has 1 fully saturated rings. The zero-order valence-corrected chi connectivity index (χ0v) is 12.3. The van der Waals surface area contributed by atoms with E-state index in [1.165, 1.54) is 12.1 Å². The highest BCUT2D eigenvalue weighted by Crippen LogP contribution is 2.38. The Bertz CT molecular complexity index is 573. The fourth-order valence-electron chi connectivity index (χ4n) is 3.09. The molecule has 1 aromatic carbocycles. The Kier molecular flexibility index (Phi) is 4.16. The van der Waals surface area contributed by atoms with Gasteiger partial charge in [-0.25, -0.2) is 0 Å². The number of non-ortho nitro benzene ring substituents is 1. The summed E-state index contributed by atoms with van der Waals surface area (Å²) in [5.41, 5.74) is 0.865. The van der Waals surface area contributed by atoms with Crippen molar-refractivity contribution in [3.8, 4) is 0 Å². The van der Waals surface area contributed by atoms with Crippen LogP contribution in [0.3, 0.4) is 0 Å². The number of benzene rings is 1. The van der Waals surface area contributed by atoms with Crippen LogP contribution in [-0.4, -0.2) is 29.1 Å². The van der Waals surface area contributed by atoms with E-state index in [1.807, 2.05) is 24.8 Å². The van der Waals surface area contributed by atoms with E-state index in [1.54, 1.807) is 0 Å². The van der Waals surface area contributed by atoms with E-state index in [4.69, 9.17) is 0 Å². The molecular weight excluding hydrogens is 272 g/mol. The molecule has 6 nitrogen and oxygen atoms in total. The van der Waals surface area contributed by atoms with Crippen LogP contribution in [-0.2, 0) is 4.79 Å². The molecule has 0 amide bonds. The van der Waals surface area contributed by atoms with Gasteiger partial charge in [0, 0.05) is 30.9 Å². The molecule has 1 atom stereocenters. The van der Waals surface area contributed by atoms with Crippen molar-refractivity contribution in [3.05, 3.63) is 33.9 Å². The second-order valence-corrected chi connectivity index (χ2v) is 5.79. The minimum Gasteiger partial charge on any atom is -0.481 e. The summed E-state index contributed by atoms with van der Waals surface area (Å²) in [6.45, 7) is 4.82. The first kappa shape index (κ1) is 15.3. The summed E-state index contributed by atoms with van der Waals surface area (Å²) in [5.74, 6) is -0.769. The fraction of sp³-hybridized carbons (Fsp3) is 0.533. The number of aliphatic carboxylic acids is 1. The van der Waals surface area contributed by atoms with E-state index in [-0.39, 0.29) is 5.69 Å². The molecule has 1 aromatic rings. The largest absolute Gasteiger partial charge is 0.481 e. The Labute approximate surface area is 123 Å². The van der Waals surface area contributed by atoms with Crippen molar-refractivity contribution < 1.29 is 14.8 Å². The number of hydrogen-bond acceptors (Lipinski definition) is 4. The molecule has 0 radical (unpaired) electrons. The predicted octanol–water partition coefficient (Wildman–Crippen LogP) is 2.98. The molecule has 0 aliphatic carbocycles. The van der Waals surface area contributed by atoms with Gasteiger partial charge in [0.2, 0.25) is 0 Å². The Balaban J connectivity index is 2.29. The van der Waals surface area contributed by atoms with Crippen molar-refractivity contribution >= 4 is 17.3 Å². The number of rotatable bonds is 5. The van der Waals surface area contributed by atoms with Gasteiger partial charge in [-0.3, -0.25) is 14.9 Å². The highest BCUT2D eigenvalue weighted by Gasteiger charge is 2.44. The number of nitro groups is 1. The molecule has 0 spiro atoms. The van der Waals surface area contributed by atoms with E-state index in [0.717, 1.165) is 17.7 Å². The molecule has 2 rings (SSSR count). The van der Waals surface area contributed by atoms with Gasteiger partial charge in [0.1, 0.15) is 0 Å². The van der Waals surface area contributed by atoms with Crippen molar-refractivity contribution in [1.29, 1.82) is 0 Å². The van der Waals surface area contributed by atoms with Gasteiger partial charge in [0.25, 0.3) is 5.69 Å². The third kappa shape index (κ3) is 2.99. The average Bonchev–Trinajstić information content (AvgIpc) is 2.84. The lowest BCUT2D eigenvalue weighted by Crippen LogP contribution is -2.34. The van der Waals surface area contributed by atoms with Crippen LogP contribution in [0.1, 0.15) is 31.7 Å². The molecule has 0 bridgehead atoms. The number of carboxylic acid groups (broad SMARTS) is 1. The van der Waals surface area contributed by atoms with E-state index < -0.39 is 16.3 Å². The number of nitrogens with zero attached hydrogens (tertiary/aromatic N) is 2. The standard InChI is InChI=1S/C15H20N2O4/c1-3-4-15(14(18)19)5-6-16(10-15)12-7-11(2)8-13(9-12)17(20)21/h7-9H,3-6,10H2,1-2H3,(H,18,19). The Morgan fingerprint density at radius 3 is 2.76 bits per heavy atom. The van der Waals surface area contributed by atoms with Gasteiger partial charge >= 0.3 is 5.97 Å². The summed E-state index contributed by atoms with van der Waals surface area (Å²) in [4.78, 5) is 24.1. The van der Waals surface area contributed by atoms with Gasteiger partial charge in [-0.2, -0.15) is 0 Å². The molecule has 1 heterocycles. The highest BCUT2D eigenvalue weighted by atomic mass is 16.6. The van der Waals surface area contributed by atoms with Crippen LogP contribution in [0.5, 0.6) is 0 Å². The van der Waals surface area contributed by atoms with Crippen LogP contribution >= 0.6 is 0 Å². The molecular formula is C15H20N2O4.